The quantitative estimate of drug-likeness (QED) is 0.610. The Hall–Kier alpha value is -2.17. The van der Waals surface area contributed by atoms with Crippen LogP contribution >= 0.6 is 0 Å². The van der Waals surface area contributed by atoms with Crippen molar-refractivity contribution in [3.8, 4) is 5.75 Å². The van der Waals surface area contributed by atoms with Crippen molar-refractivity contribution in [2.24, 2.45) is 5.10 Å². The second kappa shape index (κ2) is 3.69. The predicted octanol–water partition coefficient (Wildman–Crippen LogP) is 1.04. The highest BCUT2D eigenvalue weighted by atomic mass is 16.3. The van der Waals surface area contributed by atoms with Gasteiger partial charge in [0.05, 0.1) is 11.9 Å². The summed E-state index contributed by atoms with van der Waals surface area (Å²) in [6.45, 7) is 0. The second-order valence-electron chi connectivity index (χ2n) is 2.69. The number of aromatic hydroxyl groups is 1. The molecular weight excluding hydrogens is 180 g/mol. The number of nitrogens with zero attached hydrogens (tertiary/aromatic N) is 2. The molecule has 72 valence electrons. The van der Waals surface area contributed by atoms with Crippen LogP contribution in [0.2, 0.25) is 0 Å². The Morgan fingerprint density at radius 2 is 2.21 bits per heavy atom. The lowest BCUT2D eigenvalue weighted by atomic mass is 10.3. The van der Waals surface area contributed by atoms with Gasteiger partial charge in [0.1, 0.15) is 5.75 Å². The molecule has 14 heavy (non-hydrogen) atoms. The lowest BCUT2D eigenvalue weighted by Crippen LogP contribution is -2.36. The van der Waals surface area contributed by atoms with Gasteiger partial charge in [0.15, 0.2) is 0 Å². The van der Waals surface area contributed by atoms with Gasteiger partial charge in [-0.2, -0.15) is 0 Å². The standard InChI is InChI=1S/C9H10N4O/c14-9-5-2-1-4-8(9)12-13-10-6-3-7-11-13/h1-7,10,12,14H. The Morgan fingerprint density at radius 1 is 1.36 bits per heavy atom. The first-order valence-electron chi connectivity index (χ1n) is 4.16. The van der Waals surface area contributed by atoms with E-state index in [1.807, 2.05) is 6.07 Å². The molecule has 0 radical (unpaired) electrons. The average Bonchev–Trinajstić information content (AvgIpc) is 2.23. The van der Waals surface area contributed by atoms with E-state index < -0.39 is 0 Å². The summed E-state index contributed by atoms with van der Waals surface area (Å²) in [4.78, 5) is 0. The average molecular weight is 190 g/mol. The summed E-state index contributed by atoms with van der Waals surface area (Å²) < 4.78 is 0. The molecule has 0 spiro atoms. The zero-order valence-corrected chi connectivity index (χ0v) is 7.38. The summed E-state index contributed by atoms with van der Waals surface area (Å²) in [6.07, 6.45) is 5.12. The van der Waals surface area contributed by atoms with Crippen molar-refractivity contribution in [2.45, 2.75) is 0 Å². The van der Waals surface area contributed by atoms with E-state index in [0.717, 1.165) is 0 Å². The third-order valence-corrected chi connectivity index (χ3v) is 1.69. The molecule has 3 N–H and O–H groups in total. The highest BCUT2D eigenvalue weighted by Crippen LogP contribution is 2.21. The number of benzene rings is 1. The summed E-state index contributed by atoms with van der Waals surface area (Å²) in [5.74, 6) is 0.180. The first kappa shape index (κ1) is 8.43. The lowest BCUT2D eigenvalue weighted by Gasteiger charge is -2.21. The third-order valence-electron chi connectivity index (χ3n) is 1.69. The van der Waals surface area contributed by atoms with E-state index in [1.54, 1.807) is 36.7 Å². The van der Waals surface area contributed by atoms with Crippen LogP contribution in [0.15, 0.2) is 41.6 Å². The molecule has 0 saturated carbocycles. The molecule has 0 amide bonds. The molecule has 0 unspecified atom stereocenters. The number of hydrazone groups is 1. The summed E-state index contributed by atoms with van der Waals surface area (Å²) in [7, 11) is 0. The highest BCUT2D eigenvalue weighted by Gasteiger charge is 2.03. The van der Waals surface area contributed by atoms with Crippen LogP contribution in [0.25, 0.3) is 0 Å². The first-order chi connectivity index (χ1) is 6.86. The molecule has 5 nitrogen and oxygen atoms in total. The van der Waals surface area contributed by atoms with Gasteiger partial charge in [-0.15, -0.1) is 10.3 Å². The molecule has 0 atom stereocenters. The second-order valence-corrected chi connectivity index (χ2v) is 2.69. The minimum absolute atomic E-state index is 0.180. The summed E-state index contributed by atoms with van der Waals surface area (Å²) in [5.41, 5.74) is 6.29. The third kappa shape index (κ3) is 1.77. The number of hydrogen-bond donors (Lipinski definition) is 3. The van der Waals surface area contributed by atoms with Crippen LogP contribution in [0, 0.1) is 0 Å². The van der Waals surface area contributed by atoms with Crippen LogP contribution in [0.4, 0.5) is 5.69 Å². The van der Waals surface area contributed by atoms with Crippen LogP contribution in [-0.4, -0.2) is 16.5 Å². The summed E-state index contributed by atoms with van der Waals surface area (Å²) in [6, 6.07) is 6.94. The Bertz CT molecular complexity index is 375. The zero-order valence-electron chi connectivity index (χ0n) is 7.38. The highest BCUT2D eigenvalue weighted by molar-refractivity contribution is 5.71. The van der Waals surface area contributed by atoms with Crippen molar-refractivity contribution >= 4 is 11.9 Å². The number of para-hydroxylation sites is 2. The van der Waals surface area contributed by atoms with Gasteiger partial charge in [0, 0.05) is 6.20 Å². The smallest absolute Gasteiger partial charge is 0.140 e. The molecule has 0 saturated heterocycles. The number of hydrazine groups is 2. The van der Waals surface area contributed by atoms with Crippen LogP contribution in [0.1, 0.15) is 0 Å². The van der Waals surface area contributed by atoms with Gasteiger partial charge in [0.25, 0.3) is 0 Å². The van der Waals surface area contributed by atoms with Gasteiger partial charge in [-0.3, -0.25) is 10.9 Å². The molecule has 1 aliphatic rings. The van der Waals surface area contributed by atoms with Gasteiger partial charge >= 0.3 is 0 Å². The Balaban J connectivity index is 2.07. The van der Waals surface area contributed by atoms with E-state index in [4.69, 9.17) is 0 Å². The van der Waals surface area contributed by atoms with E-state index in [9.17, 15) is 5.11 Å². The molecule has 5 heteroatoms. The van der Waals surface area contributed by atoms with Crippen molar-refractivity contribution < 1.29 is 5.11 Å². The number of anilines is 1. The van der Waals surface area contributed by atoms with Gasteiger partial charge in [-0.1, -0.05) is 12.1 Å². The number of phenolic OH excluding ortho intramolecular Hbond substituents is 1. The topological polar surface area (TPSA) is 59.9 Å². The van der Waals surface area contributed by atoms with Crippen molar-refractivity contribution in [3.05, 3.63) is 36.5 Å². The molecule has 1 aliphatic heterocycles. The van der Waals surface area contributed by atoms with Crippen LogP contribution in [-0.2, 0) is 0 Å². The minimum Gasteiger partial charge on any atom is -0.506 e. The van der Waals surface area contributed by atoms with Crippen molar-refractivity contribution in [1.29, 1.82) is 0 Å². The van der Waals surface area contributed by atoms with Crippen molar-refractivity contribution in [1.82, 2.24) is 10.7 Å². The van der Waals surface area contributed by atoms with Crippen LogP contribution in [0.3, 0.4) is 0 Å². The maximum atomic E-state index is 9.45. The Kier molecular flexibility index (Phi) is 2.22. The van der Waals surface area contributed by atoms with Crippen molar-refractivity contribution in [2.75, 3.05) is 5.43 Å². The van der Waals surface area contributed by atoms with E-state index >= 15 is 0 Å². The predicted molar refractivity (Wildman–Crippen MR) is 54.3 cm³/mol. The monoisotopic (exact) mass is 190 g/mol. The largest absolute Gasteiger partial charge is 0.506 e. The number of phenols is 1. The van der Waals surface area contributed by atoms with Gasteiger partial charge < -0.3 is 5.11 Å². The Morgan fingerprint density at radius 3 is 2.93 bits per heavy atom. The molecule has 2 rings (SSSR count). The van der Waals surface area contributed by atoms with Gasteiger partial charge in [-0.25, -0.2) is 0 Å². The molecule has 0 aromatic heterocycles. The number of rotatable bonds is 2. The van der Waals surface area contributed by atoms with Gasteiger partial charge in [0.2, 0.25) is 0 Å². The summed E-state index contributed by atoms with van der Waals surface area (Å²) in [5, 5.41) is 14.8. The minimum atomic E-state index is 0.180. The SMILES string of the molecule is Oc1ccccc1NN1N=CC=CN1. The van der Waals surface area contributed by atoms with E-state index in [2.05, 4.69) is 16.0 Å². The fourth-order valence-electron chi connectivity index (χ4n) is 1.04. The van der Waals surface area contributed by atoms with Crippen LogP contribution in [0.5, 0.6) is 5.75 Å². The number of nitrogens with one attached hydrogen (secondary N) is 2. The normalized spacial score (nSPS) is 13.9. The molecule has 0 bridgehead atoms. The molecule has 1 heterocycles. The maximum absolute atomic E-state index is 9.45. The van der Waals surface area contributed by atoms with E-state index in [1.165, 1.54) is 5.23 Å². The lowest BCUT2D eigenvalue weighted by molar-refractivity contribution is 0.283. The molecule has 0 fully saturated rings. The van der Waals surface area contributed by atoms with Crippen LogP contribution < -0.4 is 10.9 Å². The fourth-order valence-corrected chi connectivity index (χ4v) is 1.04. The zero-order chi connectivity index (χ0) is 9.80. The van der Waals surface area contributed by atoms with Crippen molar-refractivity contribution in [3.63, 3.8) is 0 Å². The van der Waals surface area contributed by atoms with Gasteiger partial charge in [-0.05, 0) is 18.2 Å². The first-order valence-corrected chi connectivity index (χ1v) is 4.16. The fraction of sp³-hybridized carbons (Fsp3) is 0. The molecule has 1 aromatic rings. The number of allylic oxidation sites excluding steroid dienone is 1. The van der Waals surface area contributed by atoms with E-state index in [0.29, 0.717) is 5.69 Å². The number of hydrogen-bond acceptors (Lipinski definition) is 5. The molecule has 0 aliphatic carbocycles. The molecular formula is C9H10N4O. The Labute approximate surface area is 81.3 Å². The molecule has 1 aromatic carbocycles. The maximum Gasteiger partial charge on any atom is 0.140 e. The summed E-state index contributed by atoms with van der Waals surface area (Å²) >= 11 is 0. The van der Waals surface area contributed by atoms with E-state index in [-0.39, 0.29) is 5.75 Å².